The minimum Gasteiger partial charge on any atom is -0.317 e. The molecule has 0 aliphatic rings. The summed E-state index contributed by atoms with van der Waals surface area (Å²) in [6.07, 6.45) is 3.89. The molecule has 0 amide bonds. The van der Waals surface area contributed by atoms with E-state index in [2.05, 4.69) is 11.4 Å². The highest BCUT2D eigenvalue weighted by Gasteiger charge is 2.15. The summed E-state index contributed by atoms with van der Waals surface area (Å²) in [5.41, 5.74) is -0.253. The summed E-state index contributed by atoms with van der Waals surface area (Å²) in [5, 5.41) is 12.1. The molecule has 0 saturated heterocycles. The Kier molecular flexibility index (Phi) is 8.23. The van der Waals surface area contributed by atoms with Crippen LogP contribution in [0.3, 0.4) is 0 Å². The fourth-order valence-electron chi connectivity index (χ4n) is 1.78. The first-order valence-corrected chi connectivity index (χ1v) is 8.65. The van der Waals surface area contributed by atoms with Gasteiger partial charge in [-0.2, -0.15) is 5.26 Å². The minimum atomic E-state index is -3.07. The molecule has 0 bridgehead atoms. The molecule has 0 spiro atoms. The first-order chi connectivity index (χ1) is 8.73. The summed E-state index contributed by atoms with van der Waals surface area (Å²) in [5.74, 6) is 0. The second-order valence-corrected chi connectivity index (χ2v) is 7.44. The molecule has 0 radical (unpaired) electrons. The fraction of sp³-hybridized carbons (Fsp3) is 0.923. The molecule has 0 heterocycles. The number of nitrogens with zero attached hydrogens (tertiary/aromatic N) is 2. The molecule has 19 heavy (non-hydrogen) atoms. The van der Waals surface area contributed by atoms with Gasteiger partial charge in [0.05, 0.1) is 17.7 Å². The Bertz CT molecular complexity index is 385. The van der Waals surface area contributed by atoms with Gasteiger partial charge in [-0.3, -0.25) is 0 Å². The van der Waals surface area contributed by atoms with Gasteiger partial charge in [0, 0.05) is 13.1 Å². The van der Waals surface area contributed by atoms with Gasteiger partial charge in [0.1, 0.15) is 0 Å². The lowest BCUT2D eigenvalue weighted by Crippen LogP contribution is -2.32. The maximum absolute atomic E-state index is 11.3. The van der Waals surface area contributed by atoms with Gasteiger partial charge in [-0.15, -0.1) is 0 Å². The molecule has 112 valence electrons. The summed E-state index contributed by atoms with van der Waals surface area (Å²) in [6, 6.07) is 2.28. The van der Waals surface area contributed by atoms with Crippen LogP contribution in [0.1, 0.15) is 40.0 Å². The van der Waals surface area contributed by atoms with Crippen LogP contribution in [0.5, 0.6) is 0 Å². The second-order valence-electron chi connectivity index (χ2n) is 5.46. The van der Waals surface area contributed by atoms with Crippen LogP contribution >= 0.6 is 0 Å². The normalized spacial score (nSPS) is 12.6. The van der Waals surface area contributed by atoms with Crippen LogP contribution in [0.2, 0.25) is 0 Å². The Balaban J connectivity index is 3.64. The Hall–Kier alpha value is -0.640. The van der Waals surface area contributed by atoms with Crippen LogP contribution in [-0.2, 0) is 10.0 Å². The molecule has 0 aliphatic carbocycles. The van der Waals surface area contributed by atoms with Crippen LogP contribution < -0.4 is 5.32 Å². The Morgan fingerprint density at radius 2 is 1.84 bits per heavy atom. The summed E-state index contributed by atoms with van der Waals surface area (Å²) >= 11 is 0. The third-order valence-electron chi connectivity index (χ3n) is 3.04. The number of sulfonamides is 1. The van der Waals surface area contributed by atoms with Crippen molar-refractivity contribution < 1.29 is 8.42 Å². The number of rotatable bonds is 10. The number of nitriles is 1. The smallest absolute Gasteiger partial charge is 0.211 e. The Labute approximate surface area is 118 Å². The number of nitrogens with one attached hydrogen (secondary N) is 1. The molecular formula is C13H27N3O2S. The predicted molar refractivity (Wildman–Crippen MR) is 78.2 cm³/mol. The van der Waals surface area contributed by atoms with E-state index in [0.717, 1.165) is 32.4 Å². The zero-order valence-electron chi connectivity index (χ0n) is 12.6. The summed E-state index contributed by atoms with van der Waals surface area (Å²) < 4.78 is 24.2. The molecule has 0 unspecified atom stereocenters. The van der Waals surface area contributed by atoms with Crippen LogP contribution in [-0.4, -0.2) is 45.2 Å². The largest absolute Gasteiger partial charge is 0.317 e. The Morgan fingerprint density at radius 3 is 2.32 bits per heavy atom. The lowest BCUT2D eigenvalue weighted by atomic mass is 9.90. The van der Waals surface area contributed by atoms with Gasteiger partial charge in [0.2, 0.25) is 10.0 Å². The molecule has 0 atom stereocenters. The van der Waals surface area contributed by atoms with Gasteiger partial charge < -0.3 is 5.32 Å². The van der Waals surface area contributed by atoms with E-state index in [1.54, 1.807) is 0 Å². The van der Waals surface area contributed by atoms with E-state index < -0.39 is 10.0 Å². The quantitative estimate of drug-likeness (QED) is 0.620. The fourth-order valence-corrected chi connectivity index (χ4v) is 2.70. The molecule has 5 nitrogen and oxygen atoms in total. The lowest BCUT2D eigenvalue weighted by Gasteiger charge is -2.18. The van der Waals surface area contributed by atoms with Crippen molar-refractivity contribution in [3.05, 3.63) is 0 Å². The average molecular weight is 289 g/mol. The second kappa shape index (κ2) is 8.51. The molecular weight excluding hydrogens is 262 g/mol. The highest BCUT2D eigenvalue weighted by molar-refractivity contribution is 7.88. The van der Waals surface area contributed by atoms with Crippen molar-refractivity contribution >= 4 is 10.0 Å². The van der Waals surface area contributed by atoms with E-state index >= 15 is 0 Å². The summed E-state index contributed by atoms with van der Waals surface area (Å²) in [6.45, 7) is 8.49. The monoisotopic (exact) mass is 289 g/mol. The standard InChI is InChI=1S/C13H27N3O2S/c1-5-16(19(4,17)18)11-7-10-15-9-6-8-13(2,3)12-14/h15H,5-11H2,1-4H3. The molecule has 0 aliphatic heterocycles. The van der Waals surface area contributed by atoms with Crippen LogP contribution in [0, 0.1) is 16.7 Å². The van der Waals surface area contributed by atoms with E-state index in [1.807, 2.05) is 20.8 Å². The molecule has 0 rings (SSSR count). The molecule has 0 aromatic rings. The maximum Gasteiger partial charge on any atom is 0.211 e. The molecule has 6 heteroatoms. The van der Waals surface area contributed by atoms with Crippen molar-refractivity contribution in [2.45, 2.75) is 40.0 Å². The van der Waals surface area contributed by atoms with E-state index in [9.17, 15) is 8.42 Å². The van der Waals surface area contributed by atoms with Gasteiger partial charge >= 0.3 is 0 Å². The highest BCUT2D eigenvalue weighted by atomic mass is 32.2. The zero-order chi connectivity index (χ0) is 14.9. The minimum absolute atomic E-state index is 0.253. The molecule has 0 saturated carbocycles. The summed E-state index contributed by atoms with van der Waals surface area (Å²) in [4.78, 5) is 0. The van der Waals surface area contributed by atoms with Crippen molar-refractivity contribution in [3.63, 3.8) is 0 Å². The third kappa shape index (κ3) is 8.98. The average Bonchev–Trinajstić information content (AvgIpc) is 2.31. The van der Waals surface area contributed by atoms with E-state index in [1.165, 1.54) is 10.6 Å². The molecule has 0 fully saturated rings. The van der Waals surface area contributed by atoms with Crippen LogP contribution in [0.25, 0.3) is 0 Å². The van der Waals surface area contributed by atoms with E-state index in [4.69, 9.17) is 5.26 Å². The van der Waals surface area contributed by atoms with Crippen molar-refractivity contribution in [2.75, 3.05) is 32.4 Å². The van der Waals surface area contributed by atoms with Gasteiger partial charge in [0.15, 0.2) is 0 Å². The van der Waals surface area contributed by atoms with Gasteiger partial charge in [0.25, 0.3) is 0 Å². The van der Waals surface area contributed by atoms with E-state index in [-0.39, 0.29) is 5.41 Å². The van der Waals surface area contributed by atoms with Gasteiger partial charge in [-0.25, -0.2) is 12.7 Å². The SMILES string of the molecule is CCN(CCCNCCCC(C)(C)C#N)S(C)(=O)=O. The van der Waals surface area contributed by atoms with Crippen LogP contribution in [0.15, 0.2) is 0 Å². The van der Waals surface area contributed by atoms with Crippen molar-refractivity contribution in [1.82, 2.24) is 9.62 Å². The molecule has 0 aromatic heterocycles. The molecule has 1 N–H and O–H groups in total. The van der Waals surface area contributed by atoms with Crippen LogP contribution in [0.4, 0.5) is 0 Å². The zero-order valence-corrected chi connectivity index (χ0v) is 13.4. The van der Waals surface area contributed by atoms with Crippen molar-refractivity contribution in [2.24, 2.45) is 5.41 Å². The third-order valence-corrected chi connectivity index (χ3v) is 4.42. The van der Waals surface area contributed by atoms with Crippen molar-refractivity contribution in [1.29, 1.82) is 5.26 Å². The first-order valence-electron chi connectivity index (χ1n) is 6.80. The topological polar surface area (TPSA) is 73.2 Å². The predicted octanol–water partition coefficient (Wildman–Crippen LogP) is 1.58. The lowest BCUT2D eigenvalue weighted by molar-refractivity contribution is 0.407. The summed E-state index contributed by atoms with van der Waals surface area (Å²) in [7, 11) is -3.07. The number of hydrogen-bond donors (Lipinski definition) is 1. The maximum atomic E-state index is 11.3. The first kappa shape index (κ1) is 18.4. The van der Waals surface area contributed by atoms with Gasteiger partial charge in [-0.05, 0) is 46.2 Å². The molecule has 0 aromatic carbocycles. The van der Waals surface area contributed by atoms with Gasteiger partial charge in [-0.1, -0.05) is 6.92 Å². The van der Waals surface area contributed by atoms with E-state index in [0.29, 0.717) is 13.1 Å². The number of hydrogen-bond acceptors (Lipinski definition) is 4. The highest BCUT2D eigenvalue weighted by Crippen LogP contribution is 2.19. The Morgan fingerprint density at radius 1 is 1.26 bits per heavy atom. The van der Waals surface area contributed by atoms with Crippen molar-refractivity contribution in [3.8, 4) is 6.07 Å².